The molecule has 0 aromatic heterocycles. The topological polar surface area (TPSA) is 50.4 Å². The molecule has 2 atom stereocenters. The Morgan fingerprint density at radius 3 is 2.31 bits per heavy atom. The summed E-state index contributed by atoms with van der Waals surface area (Å²) in [5, 5.41) is 6.83. The Hall–Kier alpha value is -1.26. The lowest BCUT2D eigenvalue weighted by atomic mass is 9.90. The predicted molar refractivity (Wildman–Crippen MR) is 106 cm³/mol. The number of amides is 1. The minimum Gasteiger partial charge on any atom is -0.493 e. The van der Waals surface area contributed by atoms with Crippen LogP contribution in [0.1, 0.15) is 68.1 Å². The number of ether oxygens (including phenoxy) is 1. The molecule has 2 N–H and O–H groups in total. The molecule has 3 fully saturated rings. The smallest absolute Gasteiger partial charge is 0.251 e. The van der Waals surface area contributed by atoms with E-state index in [1.54, 1.807) is 0 Å². The highest BCUT2D eigenvalue weighted by Crippen LogP contribution is 2.27. The Morgan fingerprint density at radius 2 is 1.65 bits per heavy atom. The van der Waals surface area contributed by atoms with Crippen molar-refractivity contribution in [3.05, 3.63) is 29.8 Å². The van der Waals surface area contributed by atoms with Crippen molar-refractivity contribution in [2.75, 3.05) is 6.61 Å². The number of fused-ring (bicyclic) bond motifs is 2. The third kappa shape index (κ3) is 4.92. The van der Waals surface area contributed by atoms with E-state index in [0.29, 0.717) is 24.0 Å². The van der Waals surface area contributed by atoms with Gasteiger partial charge in [-0.15, -0.1) is 12.4 Å². The molecule has 1 aromatic rings. The summed E-state index contributed by atoms with van der Waals surface area (Å²) >= 11 is 0. The zero-order valence-corrected chi connectivity index (χ0v) is 16.2. The minimum atomic E-state index is 0. The molecule has 4 rings (SSSR count). The van der Waals surface area contributed by atoms with Crippen LogP contribution in [0.5, 0.6) is 5.75 Å². The van der Waals surface area contributed by atoms with Crippen LogP contribution in [0.2, 0.25) is 0 Å². The number of halogens is 1. The highest BCUT2D eigenvalue weighted by atomic mass is 35.5. The van der Waals surface area contributed by atoms with E-state index in [-0.39, 0.29) is 18.3 Å². The van der Waals surface area contributed by atoms with E-state index in [9.17, 15) is 4.79 Å². The van der Waals surface area contributed by atoms with E-state index < -0.39 is 0 Å². The summed E-state index contributed by atoms with van der Waals surface area (Å²) in [7, 11) is 0. The molecular weight excluding hydrogens is 348 g/mol. The van der Waals surface area contributed by atoms with Crippen LogP contribution in [0.3, 0.4) is 0 Å². The van der Waals surface area contributed by atoms with Crippen molar-refractivity contribution < 1.29 is 9.53 Å². The normalized spacial score (nSPS) is 28.2. The second-order valence-corrected chi connectivity index (χ2v) is 8.12. The van der Waals surface area contributed by atoms with Gasteiger partial charge in [0, 0.05) is 23.7 Å². The standard InChI is InChI=1S/C21H30N2O2.ClH/c24-21(23-19-12-17-8-9-18(13-19)22-17)16-6-10-20(11-7-16)25-14-15-4-2-1-3-5-15;/h6-7,10-11,15,17-19,22H,1-5,8-9,12-14H2,(H,23,24);1H. The van der Waals surface area contributed by atoms with E-state index in [1.807, 2.05) is 24.3 Å². The fourth-order valence-electron chi connectivity index (χ4n) is 4.71. The zero-order valence-electron chi connectivity index (χ0n) is 15.4. The Kier molecular flexibility index (Phi) is 6.82. The maximum absolute atomic E-state index is 12.5. The van der Waals surface area contributed by atoms with Gasteiger partial charge in [-0.05, 0) is 68.7 Å². The van der Waals surface area contributed by atoms with Gasteiger partial charge >= 0.3 is 0 Å². The van der Waals surface area contributed by atoms with Crippen LogP contribution in [0, 0.1) is 5.92 Å². The second kappa shape index (κ2) is 9.09. The molecule has 0 spiro atoms. The fourth-order valence-corrected chi connectivity index (χ4v) is 4.71. The number of hydrogen-bond donors (Lipinski definition) is 2. The molecule has 5 heteroatoms. The fraction of sp³-hybridized carbons (Fsp3) is 0.667. The first-order valence-corrected chi connectivity index (χ1v) is 10.1. The lowest BCUT2D eigenvalue weighted by Gasteiger charge is -2.29. The van der Waals surface area contributed by atoms with Crippen molar-refractivity contribution in [1.29, 1.82) is 0 Å². The lowest BCUT2D eigenvalue weighted by molar-refractivity contribution is 0.0924. The van der Waals surface area contributed by atoms with Crippen LogP contribution in [-0.2, 0) is 0 Å². The highest BCUT2D eigenvalue weighted by molar-refractivity contribution is 5.94. The summed E-state index contributed by atoms with van der Waals surface area (Å²) in [5.41, 5.74) is 0.732. The molecule has 2 aliphatic heterocycles. The monoisotopic (exact) mass is 378 g/mol. The van der Waals surface area contributed by atoms with Gasteiger partial charge in [0.2, 0.25) is 0 Å². The Labute approximate surface area is 162 Å². The first-order chi connectivity index (χ1) is 12.3. The van der Waals surface area contributed by atoms with Crippen LogP contribution >= 0.6 is 12.4 Å². The van der Waals surface area contributed by atoms with Crippen molar-refractivity contribution in [2.24, 2.45) is 5.92 Å². The number of benzene rings is 1. The van der Waals surface area contributed by atoms with E-state index in [1.165, 1.54) is 44.9 Å². The molecule has 0 radical (unpaired) electrons. The van der Waals surface area contributed by atoms with Crippen molar-refractivity contribution in [2.45, 2.75) is 75.9 Å². The Morgan fingerprint density at radius 1 is 1.00 bits per heavy atom. The number of rotatable bonds is 5. The van der Waals surface area contributed by atoms with Crippen molar-refractivity contribution >= 4 is 18.3 Å². The van der Waals surface area contributed by atoms with Gasteiger partial charge in [0.05, 0.1) is 6.61 Å². The molecule has 144 valence electrons. The second-order valence-electron chi connectivity index (χ2n) is 8.12. The average molecular weight is 379 g/mol. The third-order valence-corrected chi connectivity index (χ3v) is 6.14. The molecule has 2 heterocycles. The summed E-state index contributed by atoms with van der Waals surface area (Å²) in [5.74, 6) is 1.62. The van der Waals surface area contributed by atoms with Gasteiger partial charge in [-0.1, -0.05) is 19.3 Å². The molecule has 2 saturated heterocycles. The quantitative estimate of drug-likeness (QED) is 0.811. The van der Waals surface area contributed by atoms with Gasteiger partial charge in [0.25, 0.3) is 5.91 Å². The van der Waals surface area contributed by atoms with Crippen molar-refractivity contribution in [3.63, 3.8) is 0 Å². The van der Waals surface area contributed by atoms with E-state index in [4.69, 9.17) is 4.74 Å². The van der Waals surface area contributed by atoms with Crippen LogP contribution in [-0.4, -0.2) is 30.6 Å². The number of carbonyl (C=O) groups is 1. The molecule has 1 aliphatic carbocycles. The summed E-state index contributed by atoms with van der Waals surface area (Å²) in [4.78, 5) is 12.5. The maximum atomic E-state index is 12.5. The van der Waals surface area contributed by atoms with Gasteiger partial charge in [-0.25, -0.2) is 0 Å². The molecule has 2 bridgehead atoms. The van der Waals surface area contributed by atoms with Crippen LogP contribution in [0.15, 0.2) is 24.3 Å². The van der Waals surface area contributed by atoms with Gasteiger partial charge in [0.15, 0.2) is 0 Å². The number of hydrogen-bond acceptors (Lipinski definition) is 3. The van der Waals surface area contributed by atoms with Crippen molar-refractivity contribution in [1.82, 2.24) is 10.6 Å². The molecule has 3 aliphatic rings. The van der Waals surface area contributed by atoms with Crippen molar-refractivity contribution in [3.8, 4) is 5.75 Å². The molecule has 4 nitrogen and oxygen atoms in total. The minimum absolute atomic E-state index is 0. The third-order valence-electron chi connectivity index (χ3n) is 6.14. The first-order valence-electron chi connectivity index (χ1n) is 10.1. The Bertz CT molecular complexity index is 574. The molecule has 1 saturated carbocycles. The molecular formula is C21H31ClN2O2. The van der Waals surface area contributed by atoms with Gasteiger partial charge in [0.1, 0.15) is 5.75 Å². The first kappa shape index (κ1) is 19.5. The van der Waals surface area contributed by atoms with E-state index in [2.05, 4.69) is 10.6 Å². The molecule has 26 heavy (non-hydrogen) atoms. The van der Waals surface area contributed by atoms with Gasteiger partial charge < -0.3 is 15.4 Å². The zero-order chi connectivity index (χ0) is 17.1. The van der Waals surface area contributed by atoms with Crippen LogP contribution < -0.4 is 15.4 Å². The maximum Gasteiger partial charge on any atom is 0.251 e. The number of carbonyl (C=O) groups excluding carboxylic acids is 1. The largest absolute Gasteiger partial charge is 0.493 e. The molecule has 1 amide bonds. The van der Waals surface area contributed by atoms with E-state index >= 15 is 0 Å². The lowest BCUT2D eigenvalue weighted by Crippen LogP contribution is -2.48. The number of nitrogens with one attached hydrogen (secondary N) is 2. The average Bonchev–Trinajstić information content (AvgIpc) is 2.99. The predicted octanol–water partition coefficient (Wildman–Crippen LogP) is 4.08. The summed E-state index contributed by atoms with van der Waals surface area (Å²) < 4.78 is 5.93. The SMILES string of the molecule is Cl.O=C(NC1CC2CCC(C1)N2)c1ccc(OCC2CCCCC2)cc1. The van der Waals surface area contributed by atoms with Gasteiger partial charge in [-0.2, -0.15) is 0 Å². The summed E-state index contributed by atoms with van der Waals surface area (Å²) in [6.45, 7) is 0.809. The Balaban J connectivity index is 0.00000196. The van der Waals surface area contributed by atoms with E-state index in [0.717, 1.165) is 30.8 Å². The summed E-state index contributed by atoms with van der Waals surface area (Å²) in [6, 6.07) is 9.16. The van der Waals surface area contributed by atoms with Gasteiger partial charge in [-0.3, -0.25) is 4.79 Å². The number of piperidine rings is 1. The molecule has 2 unspecified atom stereocenters. The van der Waals surface area contributed by atoms with Crippen LogP contribution in [0.4, 0.5) is 0 Å². The van der Waals surface area contributed by atoms with Crippen LogP contribution in [0.25, 0.3) is 0 Å². The summed E-state index contributed by atoms with van der Waals surface area (Å²) in [6.07, 6.45) is 11.3. The highest BCUT2D eigenvalue weighted by Gasteiger charge is 2.34. The molecule has 1 aromatic carbocycles.